The number of rotatable bonds is 8. The summed E-state index contributed by atoms with van der Waals surface area (Å²) in [5, 5.41) is 3.04. The highest BCUT2D eigenvalue weighted by Gasteiger charge is 2.08. The van der Waals surface area contributed by atoms with Crippen molar-refractivity contribution in [1.82, 2.24) is 0 Å². The lowest BCUT2D eigenvalue weighted by Gasteiger charge is -2.13. The summed E-state index contributed by atoms with van der Waals surface area (Å²) in [6.45, 7) is 7.00. The molecule has 0 spiro atoms. The van der Waals surface area contributed by atoms with E-state index in [4.69, 9.17) is 4.74 Å². The normalized spacial score (nSPS) is 10.8. The first-order chi connectivity index (χ1) is 12.2. The number of hydrogen-bond acceptors (Lipinski definition) is 2. The first-order valence-corrected chi connectivity index (χ1v) is 9.00. The van der Waals surface area contributed by atoms with Gasteiger partial charge in [-0.05, 0) is 54.2 Å². The second-order valence-corrected chi connectivity index (χ2v) is 5.90. The summed E-state index contributed by atoms with van der Waals surface area (Å²) in [4.78, 5) is 12.3. The molecule has 1 amide bonds. The van der Waals surface area contributed by atoms with Gasteiger partial charge in [0.1, 0.15) is 5.75 Å². The smallest absolute Gasteiger partial charge is 0.248 e. The summed E-state index contributed by atoms with van der Waals surface area (Å²) in [6.07, 6.45) is 6.17. The van der Waals surface area contributed by atoms with Crippen molar-refractivity contribution >= 4 is 17.7 Å². The van der Waals surface area contributed by atoms with Crippen LogP contribution in [0.1, 0.15) is 43.9 Å². The lowest BCUT2D eigenvalue weighted by Crippen LogP contribution is -2.11. The van der Waals surface area contributed by atoms with E-state index in [1.54, 1.807) is 6.08 Å². The van der Waals surface area contributed by atoms with Gasteiger partial charge in [0, 0.05) is 11.8 Å². The number of hydrogen-bond donors (Lipinski definition) is 1. The van der Waals surface area contributed by atoms with Crippen molar-refractivity contribution in [3.8, 4) is 5.75 Å². The summed E-state index contributed by atoms with van der Waals surface area (Å²) in [5.74, 6) is 0.745. The van der Waals surface area contributed by atoms with Crippen molar-refractivity contribution in [2.24, 2.45) is 0 Å². The first kappa shape index (κ1) is 18.8. The van der Waals surface area contributed by atoms with E-state index in [1.165, 1.54) is 11.1 Å². The van der Waals surface area contributed by atoms with Crippen molar-refractivity contribution in [2.45, 2.75) is 40.0 Å². The zero-order chi connectivity index (χ0) is 18.1. The van der Waals surface area contributed by atoms with E-state index >= 15 is 0 Å². The molecule has 0 saturated carbocycles. The monoisotopic (exact) mass is 337 g/mol. The Balaban J connectivity index is 2.04. The van der Waals surface area contributed by atoms with Crippen molar-refractivity contribution in [2.75, 3.05) is 11.9 Å². The third-order valence-corrected chi connectivity index (χ3v) is 4.03. The topological polar surface area (TPSA) is 38.3 Å². The Labute approximate surface area is 150 Å². The Kier molecular flexibility index (Phi) is 7.27. The average Bonchev–Trinajstić information content (AvgIpc) is 2.65. The fourth-order valence-electron chi connectivity index (χ4n) is 2.63. The maximum atomic E-state index is 12.3. The molecule has 25 heavy (non-hydrogen) atoms. The maximum absolute atomic E-state index is 12.3. The van der Waals surface area contributed by atoms with Gasteiger partial charge >= 0.3 is 0 Å². The minimum absolute atomic E-state index is 0.109. The zero-order valence-electron chi connectivity index (χ0n) is 15.3. The van der Waals surface area contributed by atoms with Gasteiger partial charge in [-0.1, -0.05) is 51.1 Å². The SMILES string of the molecule is CCCOc1ccc(C=CC(=O)Nc2c(CC)cccc2CC)cc1. The molecule has 0 unspecified atom stereocenters. The number of nitrogens with one attached hydrogen (secondary N) is 1. The molecule has 0 atom stereocenters. The van der Waals surface area contributed by atoms with Crippen molar-refractivity contribution in [1.29, 1.82) is 0 Å². The Bertz CT molecular complexity index is 695. The number of carbonyl (C=O) groups is 1. The van der Waals surface area contributed by atoms with Crippen LogP contribution in [0.4, 0.5) is 5.69 Å². The molecule has 0 aliphatic heterocycles. The quantitative estimate of drug-likeness (QED) is 0.668. The molecule has 132 valence electrons. The van der Waals surface area contributed by atoms with Crippen LogP contribution in [-0.4, -0.2) is 12.5 Å². The summed E-state index contributed by atoms with van der Waals surface area (Å²) in [5.41, 5.74) is 4.25. The Morgan fingerprint density at radius 3 is 2.20 bits per heavy atom. The van der Waals surface area contributed by atoms with Gasteiger partial charge in [-0.2, -0.15) is 0 Å². The highest BCUT2D eigenvalue weighted by atomic mass is 16.5. The van der Waals surface area contributed by atoms with E-state index < -0.39 is 0 Å². The third kappa shape index (κ3) is 5.49. The van der Waals surface area contributed by atoms with E-state index in [2.05, 4.69) is 38.2 Å². The molecule has 2 aromatic rings. The standard InChI is InChI=1S/C22H27NO2/c1-4-16-25-20-13-10-17(11-14-20)12-15-21(24)23-22-18(5-2)8-7-9-19(22)6-3/h7-15H,4-6,16H2,1-3H3,(H,23,24). The predicted octanol–water partition coefficient (Wildman–Crippen LogP) is 5.25. The number of benzene rings is 2. The highest BCUT2D eigenvalue weighted by molar-refractivity contribution is 6.02. The molecule has 0 saturated heterocycles. The molecule has 2 aromatic carbocycles. The van der Waals surface area contributed by atoms with Crippen LogP contribution in [0.2, 0.25) is 0 Å². The van der Waals surface area contributed by atoms with Gasteiger partial charge in [0.05, 0.1) is 6.61 Å². The molecule has 0 bridgehead atoms. The third-order valence-electron chi connectivity index (χ3n) is 4.03. The zero-order valence-corrected chi connectivity index (χ0v) is 15.3. The van der Waals surface area contributed by atoms with Crippen LogP contribution >= 0.6 is 0 Å². The molecule has 3 nitrogen and oxygen atoms in total. The van der Waals surface area contributed by atoms with Gasteiger partial charge in [0.15, 0.2) is 0 Å². The number of para-hydroxylation sites is 1. The largest absolute Gasteiger partial charge is 0.494 e. The lowest BCUT2D eigenvalue weighted by molar-refractivity contribution is -0.111. The second-order valence-electron chi connectivity index (χ2n) is 5.90. The van der Waals surface area contributed by atoms with E-state index in [-0.39, 0.29) is 5.91 Å². The minimum Gasteiger partial charge on any atom is -0.494 e. The van der Waals surface area contributed by atoms with Crippen molar-refractivity contribution in [3.63, 3.8) is 0 Å². The maximum Gasteiger partial charge on any atom is 0.248 e. The summed E-state index contributed by atoms with van der Waals surface area (Å²) in [6, 6.07) is 13.9. The first-order valence-electron chi connectivity index (χ1n) is 9.00. The molecule has 0 heterocycles. The van der Waals surface area contributed by atoms with Gasteiger partial charge in [-0.25, -0.2) is 0 Å². The van der Waals surface area contributed by atoms with E-state index in [0.29, 0.717) is 6.61 Å². The van der Waals surface area contributed by atoms with Crippen molar-refractivity contribution in [3.05, 3.63) is 65.2 Å². The van der Waals surface area contributed by atoms with Crippen LogP contribution < -0.4 is 10.1 Å². The highest BCUT2D eigenvalue weighted by Crippen LogP contribution is 2.22. The molecule has 0 aliphatic rings. The van der Waals surface area contributed by atoms with Crippen LogP contribution in [0.5, 0.6) is 5.75 Å². The molecule has 0 aliphatic carbocycles. The molecule has 0 radical (unpaired) electrons. The molecule has 0 fully saturated rings. The molecule has 1 N–H and O–H groups in total. The van der Waals surface area contributed by atoms with Gasteiger partial charge in [0.25, 0.3) is 0 Å². The lowest BCUT2D eigenvalue weighted by atomic mass is 10.0. The van der Waals surface area contributed by atoms with E-state index in [1.807, 2.05) is 36.4 Å². The summed E-state index contributed by atoms with van der Waals surface area (Å²) < 4.78 is 5.56. The van der Waals surface area contributed by atoms with Crippen molar-refractivity contribution < 1.29 is 9.53 Å². The van der Waals surface area contributed by atoms with E-state index in [0.717, 1.165) is 36.3 Å². The Morgan fingerprint density at radius 1 is 1.00 bits per heavy atom. The minimum atomic E-state index is -0.109. The molecular weight excluding hydrogens is 310 g/mol. The summed E-state index contributed by atoms with van der Waals surface area (Å²) in [7, 11) is 0. The molecular formula is C22H27NO2. The molecule has 3 heteroatoms. The number of ether oxygens (including phenoxy) is 1. The van der Waals surface area contributed by atoms with Gasteiger partial charge in [-0.3, -0.25) is 4.79 Å². The van der Waals surface area contributed by atoms with Gasteiger partial charge < -0.3 is 10.1 Å². The number of carbonyl (C=O) groups excluding carboxylic acids is 1. The van der Waals surface area contributed by atoms with Crippen LogP contribution in [0.3, 0.4) is 0 Å². The number of anilines is 1. The average molecular weight is 337 g/mol. The molecule has 2 rings (SSSR count). The fraction of sp³-hybridized carbons (Fsp3) is 0.318. The fourth-order valence-corrected chi connectivity index (χ4v) is 2.63. The summed E-state index contributed by atoms with van der Waals surface area (Å²) >= 11 is 0. The van der Waals surface area contributed by atoms with Crippen LogP contribution in [0, 0.1) is 0 Å². The van der Waals surface area contributed by atoms with E-state index in [9.17, 15) is 4.79 Å². The van der Waals surface area contributed by atoms with Gasteiger partial charge in [-0.15, -0.1) is 0 Å². The van der Waals surface area contributed by atoms with Crippen LogP contribution in [0.15, 0.2) is 48.5 Å². The van der Waals surface area contributed by atoms with Gasteiger partial charge in [0.2, 0.25) is 5.91 Å². The van der Waals surface area contributed by atoms with Crippen LogP contribution in [0.25, 0.3) is 6.08 Å². The predicted molar refractivity (Wildman–Crippen MR) is 105 cm³/mol. The Hall–Kier alpha value is -2.55. The number of aryl methyl sites for hydroxylation is 2. The van der Waals surface area contributed by atoms with Crippen LogP contribution in [-0.2, 0) is 17.6 Å². The number of amides is 1. The molecule has 0 aromatic heterocycles. The Morgan fingerprint density at radius 2 is 1.64 bits per heavy atom. The second kappa shape index (κ2) is 9.67.